The van der Waals surface area contributed by atoms with Crippen LogP contribution in [0.25, 0.3) is 0 Å². The third-order valence-corrected chi connectivity index (χ3v) is 8.06. The molecule has 2 N–H and O–H groups in total. The number of nitrogens with zero attached hydrogens (tertiary/aromatic N) is 2. The molecule has 0 radical (unpaired) electrons. The van der Waals surface area contributed by atoms with Crippen molar-refractivity contribution >= 4 is 11.7 Å². The maximum atomic E-state index is 13.7. The first kappa shape index (κ1) is 18.3. The van der Waals surface area contributed by atoms with E-state index in [4.69, 9.17) is 0 Å². The summed E-state index contributed by atoms with van der Waals surface area (Å²) >= 11 is 0. The molecule has 5 heteroatoms. The van der Waals surface area contributed by atoms with Gasteiger partial charge in [-0.25, -0.2) is 4.79 Å². The third-order valence-electron chi connectivity index (χ3n) is 8.06. The van der Waals surface area contributed by atoms with E-state index in [1.54, 1.807) is 18.2 Å². The summed E-state index contributed by atoms with van der Waals surface area (Å²) in [6.07, 6.45) is 2.31. The Hall–Kier alpha value is -2.69. The zero-order valence-corrected chi connectivity index (χ0v) is 17.3. The van der Waals surface area contributed by atoms with Crippen LogP contribution in [-0.4, -0.2) is 40.3 Å². The molecule has 1 fully saturated rings. The number of phenolic OH excluding ortho intramolecular Hbond substituents is 2. The second-order valence-corrected chi connectivity index (χ2v) is 9.52. The average Bonchev–Trinajstić information content (AvgIpc) is 3.08. The second-order valence-electron chi connectivity index (χ2n) is 9.52. The number of benzene rings is 2. The molecule has 2 bridgehead atoms. The number of carbonyl (C=O) groups is 1. The van der Waals surface area contributed by atoms with Gasteiger partial charge in [0.25, 0.3) is 0 Å². The summed E-state index contributed by atoms with van der Waals surface area (Å²) in [5.41, 5.74) is 3.94. The van der Waals surface area contributed by atoms with Gasteiger partial charge in [-0.05, 0) is 65.6 Å². The standard InChI is InChI=1S/C24H28N2O3/c1-23(2)21-14-17-18(5-4-6-20(17)28)24(23,3)10-12-26(21)22(29)25-11-9-15-13-16(27)7-8-19(15)25/h4-8,13,21,27-28H,9-12,14H2,1-3H3/t21-,24+/m1/s1. The molecule has 5 rings (SSSR count). The Kier molecular flexibility index (Phi) is 3.74. The minimum absolute atomic E-state index is 0.0238. The largest absolute Gasteiger partial charge is 0.508 e. The van der Waals surface area contributed by atoms with Gasteiger partial charge in [-0.2, -0.15) is 0 Å². The van der Waals surface area contributed by atoms with E-state index in [0.29, 0.717) is 25.3 Å². The normalized spacial score (nSPS) is 26.8. The molecule has 2 aliphatic heterocycles. The van der Waals surface area contributed by atoms with Crippen LogP contribution in [0.3, 0.4) is 0 Å². The Morgan fingerprint density at radius 2 is 1.90 bits per heavy atom. The molecule has 0 unspecified atom stereocenters. The van der Waals surface area contributed by atoms with Crippen LogP contribution in [0.2, 0.25) is 0 Å². The van der Waals surface area contributed by atoms with E-state index in [9.17, 15) is 15.0 Å². The van der Waals surface area contributed by atoms with E-state index in [1.165, 1.54) is 5.56 Å². The van der Waals surface area contributed by atoms with Crippen LogP contribution < -0.4 is 4.90 Å². The van der Waals surface area contributed by atoms with Gasteiger partial charge in [-0.1, -0.05) is 32.9 Å². The minimum Gasteiger partial charge on any atom is -0.508 e. The predicted molar refractivity (Wildman–Crippen MR) is 113 cm³/mol. The van der Waals surface area contributed by atoms with Crippen molar-refractivity contribution in [1.29, 1.82) is 0 Å². The highest BCUT2D eigenvalue weighted by molar-refractivity contribution is 5.95. The van der Waals surface area contributed by atoms with Gasteiger partial charge in [-0.15, -0.1) is 0 Å². The summed E-state index contributed by atoms with van der Waals surface area (Å²) in [6.45, 7) is 8.16. The van der Waals surface area contributed by atoms with Crippen molar-refractivity contribution in [2.24, 2.45) is 5.41 Å². The number of rotatable bonds is 0. The van der Waals surface area contributed by atoms with Crippen LogP contribution in [0.4, 0.5) is 10.5 Å². The van der Waals surface area contributed by atoms with Crippen LogP contribution >= 0.6 is 0 Å². The fourth-order valence-corrected chi connectivity index (χ4v) is 5.90. The Labute approximate surface area is 171 Å². The van der Waals surface area contributed by atoms with E-state index in [2.05, 4.69) is 26.8 Å². The van der Waals surface area contributed by atoms with E-state index >= 15 is 0 Å². The van der Waals surface area contributed by atoms with Gasteiger partial charge in [0.1, 0.15) is 11.5 Å². The first-order valence-electron chi connectivity index (χ1n) is 10.5. The molecule has 3 aliphatic rings. The zero-order valence-electron chi connectivity index (χ0n) is 17.3. The SMILES string of the molecule is CC1(C)[C@H]2Cc3c(O)cccc3[C@]1(C)CCN2C(=O)N1CCc2cc(O)ccc21. The summed E-state index contributed by atoms with van der Waals surface area (Å²) in [5, 5.41) is 20.3. The van der Waals surface area contributed by atoms with Crippen molar-refractivity contribution < 1.29 is 15.0 Å². The Bertz CT molecular complexity index is 1020. The zero-order chi connectivity index (χ0) is 20.6. The van der Waals surface area contributed by atoms with Crippen molar-refractivity contribution in [3.63, 3.8) is 0 Å². The number of likely N-dealkylation sites (tertiary alicyclic amines) is 1. The highest BCUT2D eigenvalue weighted by Gasteiger charge is 2.57. The summed E-state index contributed by atoms with van der Waals surface area (Å²) in [5.74, 6) is 0.581. The topological polar surface area (TPSA) is 64.0 Å². The minimum atomic E-state index is -0.112. The van der Waals surface area contributed by atoms with Crippen LogP contribution in [0.15, 0.2) is 36.4 Å². The smallest absolute Gasteiger partial charge is 0.324 e. The number of carbonyl (C=O) groups excluding carboxylic acids is 1. The monoisotopic (exact) mass is 392 g/mol. The van der Waals surface area contributed by atoms with E-state index in [-0.39, 0.29) is 28.7 Å². The highest BCUT2D eigenvalue weighted by Crippen LogP contribution is 2.57. The molecular weight excluding hydrogens is 364 g/mol. The number of piperidine rings is 1. The van der Waals surface area contributed by atoms with Gasteiger partial charge < -0.3 is 15.1 Å². The maximum Gasteiger partial charge on any atom is 0.324 e. The van der Waals surface area contributed by atoms with E-state index < -0.39 is 0 Å². The summed E-state index contributed by atoms with van der Waals surface area (Å²) < 4.78 is 0. The second kappa shape index (κ2) is 5.91. The van der Waals surface area contributed by atoms with Gasteiger partial charge in [0.05, 0.1) is 0 Å². The van der Waals surface area contributed by atoms with Crippen molar-refractivity contribution in [1.82, 2.24) is 4.90 Å². The lowest BCUT2D eigenvalue weighted by Gasteiger charge is -2.61. The number of hydrogen-bond donors (Lipinski definition) is 2. The molecule has 1 saturated heterocycles. The molecule has 5 nitrogen and oxygen atoms in total. The molecule has 2 amide bonds. The molecular formula is C24H28N2O3. The Balaban J connectivity index is 1.53. The number of fused-ring (bicyclic) bond motifs is 5. The van der Waals surface area contributed by atoms with E-state index in [1.807, 2.05) is 21.9 Å². The number of phenols is 2. The average molecular weight is 392 g/mol. The Morgan fingerprint density at radius 1 is 1.10 bits per heavy atom. The van der Waals surface area contributed by atoms with Crippen molar-refractivity contribution in [3.8, 4) is 11.5 Å². The molecule has 0 aromatic heterocycles. The molecule has 2 atom stereocenters. The van der Waals surface area contributed by atoms with Crippen LogP contribution in [0, 0.1) is 5.41 Å². The molecule has 0 saturated carbocycles. The predicted octanol–water partition coefficient (Wildman–Crippen LogP) is 4.19. The van der Waals surface area contributed by atoms with Crippen molar-refractivity contribution in [3.05, 3.63) is 53.1 Å². The molecule has 2 aromatic rings. The van der Waals surface area contributed by atoms with E-state index in [0.717, 1.165) is 29.7 Å². The summed E-state index contributed by atoms with van der Waals surface area (Å²) in [7, 11) is 0. The lowest BCUT2D eigenvalue weighted by atomic mass is 9.51. The molecule has 2 aromatic carbocycles. The van der Waals surface area contributed by atoms with Crippen LogP contribution in [0.1, 0.15) is 43.9 Å². The van der Waals surface area contributed by atoms with Gasteiger partial charge in [0.2, 0.25) is 0 Å². The highest BCUT2D eigenvalue weighted by atomic mass is 16.3. The molecule has 29 heavy (non-hydrogen) atoms. The third kappa shape index (κ3) is 2.36. The first-order chi connectivity index (χ1) is 13.7. The maximum absolute atomic E-state index is 13.7. The van der Waals surface area contributed by atoms with Gasteiger partial charge in [0.15, 0.2) is 0 Å². The van der Waals surface area contributed by atoms with Gasteiger partial charge >= 0.3 is 6.03 Å². The summed E-state index contributed by atoms with van der Waals surface area (Å²) in [4.78, 5) is 17.5. The number of hydrogen-bond acceptors (Lipinski definition) is 3. The number of aromatic hydroxyl groups is 2. The van der Waals surface area contributed by atoms with Crippen molar-refractivity contribution in [2.75, 3.05) is 18.0 Å². The van der Waals surface area contributed by atoms with Crippen molar-refractivity contribution in [2.45, 2.75) is 51.5 Å². The van der Waals surface area contributed by atoms with Crippen LogP contribution in [-0.2, 0) is 18.3 Å². The number of anilines is 1. The molecule has 1 aliphatic carbocycles. The first-order valence-corrected chi connectivity index (χ1v) is 10.5. The molecule has 152 valence electrons. The number of amides is 2. The summed E-state index contributed by atoms with van der Waals surface area (Å²) in [6, 6.07) is 11.1. The molecule has 0 spiro atoms. The van der Waals surface area contributed by atoms with Crippen LogP contribution in [0.5, 0.6) is 11.5 Å². The quantitative estimate of drug-likeness (QED) is 0.706. The van der Waals surface area contributed by atoms with Gasteiger partial charge in [0, 0.05) is 30.2 Å². The fourth-order valence-electron chi connectivity index (χ4n) is 5.90. The Morgan fingerprint density at radius 3 is 2.69 bits per heavy atom. The lowest BCUT2D eigenvalue weighted by Crippen LogP contribution is -2.66. The van der Waals surface area contributed by atoms with Gasteiger partial charge in [-0.3, -0.25) is 4.90 Å². The molecule has 2 heterocycles. The lowest BCUT2D eigenvalue weighted by molar-refractivity contribution is -0.0146. The number of urea groups is 1. The fraction of sp³-hybridized carbons (Fsp3) is 0.458.